The van der Waals surface area contributed by atoms with Gasteiger partial charge in [0.05, 0.1) is 5.69 Å². The zero-order chi connectivity index (χ0) is 13.1. The minimum Gasteiger partial charge on any atom is -0.256 e. The molecule has 0 fully saturated rings. The zero-order valence-corrected chi connectivity index (χ0v) is 11.5. The van der Waals surface area contributed by atoms with Crippen LogP contribution in [0.15, 0.2) is 41.4 Å². The Bertz CT molecular complexity index is 554. The van der Waals surface area contributed by atoms with Gasteiger partial charge in [0.15, 0.2) is 0 Å². The monoisotopic (exact) mass is 237 g/mol. The largest absolute Gasteiger partial charge is 0.256 e. The van der Waals surface area contributed by atoms with Crippen LogP contribution in [0.4, 0.5) is 5.69 Å². The maximum atomic E-state index is 4.54. The molecule has 2 aromatic carbocycles. The topological polar surface area (TPSA) is 12.4 Å². The maximum Gasteiger partial charge on any atom is 0.0630 e. The number of aryl methyl sites for hydroxylation is 4. The molecular weight excluding hydrogens is 218 g/mol. The zero-order valence-electron chi connectivity index (χ0n) is 11.5. The summed E-state index contributed by atoms with van der Waals surface area (Å²) in [6.45, 7) is 8.48. The molecule has 0 aliphatic heterocycles. The Morgan fingerprint density at radius 1 is 0.778 bits per heavy atom. The Morgan fingerprint density at radius 2 is 1.33 bits per heavy atom. The Morgan fingerprint density at radius 3 is 1.89 bits per heavy atom. The molecule has 1 heteroatoms. The third kappa shape index (κ3) is 2.86. The van der Waals surface area contributed by atoms with Crippen molar-refractivity contribution >= 4 is 11.9 Å². The van der Waals surface area contributed by atoms with Crippen LogP contribution in [-0.2, 0) is 0 Å². The second kappa shape index (κ2) is 5.18. The van der Waals surface area contributed by atoms with Gasteiger partial charge in [-0.3, -0.25) is 4.99 Å². The summed E-state index contributed by atoms with van der Waals surface area (Å²) in [6.07, 6.45) is 1.97. The normalized spacial score (nSPS) is 11.1. The summed E-state index contributed by atoms with van der Waals surface area (Å²) in [5.41, 5.74) is 7.35. The van der Waals surface area contributed by atoms with Crippen molar-refractivity contribution in [2.24, 2.45) is 4.99 Å². The van der Waals surface area contributed by atoms with Crippen LogP contribution in [-0.4, -0.2) is 6.21 Å². The third-order valence-corrected chi connectivity index (χ3v) is 3.11. The minimum absolute atomic E-state index is 1.000. The number of rotatable bonds is 2. The maximum absolute atomic E-state index is 4.54. The molecule has 0 saturated carbocycles. The van der Waals surface area contributed by atoms with Crippen LogP contribution in [0.5, 0.6) is 0 Å². The lowest BCUT2D eigenvalue weighted by molar-refractivity contribution is 1.30. The Balaban J connectivity index is 2.31. The fourth-order valence-corrected chi connectivity index (χ4v) is 2.16. The molecule has 0 spiro atoms. The van der Waals surface area contributed by atoms with E-state index in [9.17, 15) is 0 Å². The molecule has 0 bridgehead atoms. The Kier molecular flexibility index (Phi) is 3.61. The van der Waals surface area contributed by atoms with Crippen molar-refractivity contribution < 1.29 is 0 Å². The molecule has 0 N–H and O–H groups in total. The van der Waals surface area contributed by atoms with E-state index in [1.807, 2.05) is 18.3 Å². The van der Waals surface area contributed by atoms with E-state index in [-0.39, 0.29) is 0 Å². The lowest BCUT2D eigenvalue weighted by Crippen LogP contribution is -1.93. The average Bonchev–Trinajstić information content (AvgIpc) is 2.30. The van der Waals surface area contributed by atoms with E-state index >= 15 is 0 Å². The molecule has 92 valence electrons. The van der Waals surface area contributed by atoms with Crippen LogP contribution in [0, 0.1) is 27.7 Å². The molecule has 1 nitrogen and oxygen atoms in total. The van der Waals surface area contributed by atoms with E-state index in [2.05, 4.69) is 57.0 Å². The summed E-state index contributed by atoms with van der Waals surface area (Å²) in [6, 6.07) is 12.7. The van der Waals surface area contributed by atoms with Gasteiger partial charge < -0.3 is 0 Å². The van der Waals surface area contributed by atoms with Crippen molar-refractivity contribution in [2.75, 3.05) is 0 Å². The SMILES string of the molecule is Cc1ccc(N=Cc2c(C)cc(C)cc2C)cc1. The van der Waals surface area contributed by atoms with E-state index < -0.39 is 0 Å². The van der Waals surface area contributed by atoms with Gasteiger partial charge in [-0.1, -0.05) is 35.4 Å². The number of hydrogen-bond acceptors (Lipinski definition) is 1. The molecule has 0 atom stereocenters. The molecular formula is C17H19N. The van der Waals surface area contributed by atoms with Crippen LogP contribution < -0.4 is 0 Å². The van der Waals surface area contributed by atoms with Gasteiger partial charge in [0.2, 0.25) is 0 Å². The van der Waals surface area contributed by atoms with Crippen molar-refractivity contribution in [2.45, 2.75) is 27.7 Å². The molecule has 0 amide bonds. The van der Waals surface area contributed by atoms with Crippen LogP contribution >= 0.6 is 0 Å². The van der Waals surface area contributed by atoms with Gasteiger partial charge in [0.25, 0.3) is 0 Å². The molecule has 2 aromatic rings. The number of hydrogen-bond donors (Lipinski definition) is 0. The predicted octanol–water partition coefficient (Wildman–Crippen LogP) is 4.67. The molecule has 18 heavy (non-hydrogen) atoms. The molecule has 0 saturated heterocycles. The molecule has 0 unspecified atom stereocenters. The molecule has 0 aromatic heterocycles. The highest BCUT2D eigenvalue weighted by molar-refractivity contribution is 5.85. The molecule has 0 heterocycles. The Hall–Kier alpha value is -1.89. The van der Waals surface area contributed by atoms with Crippen LogP contribution in [0.1, 0.15) is 27.8 Å². The summed E-state index contributed by atoms with van der Waals surface area (Å²) >= 11 is 0. The molecule has 0 radical (unpaired) electrons. The van der Waals surface area contributed by atoms with Gasteiger partial charge in [-0.05, 0) is 56.5 Å². The first-order valence-corrected chi connectivity index (χ1v) is 6.25. The van der Waals surface area contributed by atoms with E-state index in [4.69, 9.17) is 0 Å². The second-order valence-corrected chi connectivity index (χ2v) is 4.91. The first kappa shape index (κ1) is 12.6. The third-order valence-electron chi connectivity index (χ3n) is 3.11. The fraction of sp³-hybridized carbons (Fsp3) is 0.235. The highest BCUT2D eigenvalue weighted by Gasteiger charge is 2.00. The highest BCUT2D eigenvalue weighted by Crippen LogP contribution is 2.17. The minimum atomic E-state index is 1.000. The Labute approximate surface area is 109 Å². The summed E-state index contributed by atoms with van der Waals surface area (Å²) < 4.78 is 0. The predicted molar refractivity (Wildman–Crippen MR) is 79.1 cm³/mol. The van der Waals surface area contributed by atoms with Crippen LogP contribution in [0.3, 0.4) is 0 Å². The van der Waals surface area contributed by atoms with Crippen molar-refractivity contribution in [3.8, 4) is 0 Å². The second-order valence-electron chi connectivity index (χ2n) is 4.91. The van der Waals surface area contributed by atoms with E-state index in [1.165, 1.54) is 27.8 Å². The smallest absolute Gasteiger partial charge is 0.0630 e. The van der Waals surface area contributed by atoms with E-state index in [1.54, 1.807) is 0 Å². The van der Waals surface area contributed by atoms with Gasteiger partial charge in [0, 0.05) is 6.21 Å². The first-order valence-electron chi connectivity index (χ1n) is 6.25. The fourth-order valence-electron chi connectivity index (χ4n) is 2.16. The van der Waals surface area contributed by atoms with Crippen LogP contribution in [0.25, 0.3) is 0 Å². The van der Waals surface area contributed by atoms with Gasteiger partial charge in [-0.2, -0.15) is 0 Å². The lowest BCUT2D eigenvalue weighted by Gasteiger charge is -2.06. The molecule has 2 rings (SSSR count). The quantitative estimate of drug-likeness (QED) is 0.673. The van der Waals surface area contributed by atoms with Crippen molar-refractivity contribution in [1.29, 1.82) is 0 Å². The van der Waals surface area contributed by atoms with Crippen molar-refractivity contribution in [3.63, 3.8) is 0 Å². The number of aliphatic imine (C=N–C) groups is 1. The van der Waals surface area contributed by atoms with Gasteiger partial charge in [-0.15, -0.1) is 0 Å². The number of nitrogens with zero attached hydrogens (tertiary/aromatic N) is 1. The molecule has 0 aliphatic rings. The van der Waals surface area contributed by atoms with Crippen molar-refractivity contribution in [1.82, 2.24) is 0 Å². The summed E-state index contributed by atoms with van der Waals surface area (Å²) in [4.78, 5) is 4.54. The average molecular weight is 237 g/mol. The summed E-state index contributed by atoms with van der Waals surface area (Å²) in [5.74, 6) is 0. The van der Waals surface area contributed by atoms with Gasteiger partial charge in [-0.25, -0.2) is 0 Å². The van der Waals surface area contributed by atoms with Crippen LogP contribution in [0.2, 0.25) is 0 Å². The highest BCUT2D eigenvalue weighted by atomic mass is 14.7. The van der Waals surface area contributed by atoms with Gasteiger partial charge >= 0.3 is 0 Å². The molecule has 0 aliphatic carbocycles. The summed E-state index contributed by atoms with van der Waals surface area (Å²) in [7, 11) is 0. The number of benzene rings is 2. The van der Waals surface area contributed by atoms with Crippen molar-refractivity contribution in [3.05, 3.63) is 64.2 Å². The standard InChI is InChI=1S/C17H19N/c1-12-5-7-16(8-6-12)18-11-17-14(3)9-13(2)10-15(17)4/h5-11H,1-4H3. The summed E-state index contributed by atoms with van der Waals surface area (Å²) in [5, 5.41) is 0. The van der Waals surface area contributed by atoms with Gasteiger partial charge in [0.1, 0.15) is 0 Å². The lowest BCUT2D eigenvalue weighted by atomic mass is 10.0. The first-order chi connectivity index (χ1) is 8.56. The van der Waals surface area contributed by atoms with E-state index in [0.29, 0.717) is 0 Å². The van der Waals surface area contributed by atoms with E-state index in [0.717, 1.165) is 5.69 Å².